The number of hydrogen-bond acceptors (Lipinski definition) is 5. The third-order valence-electron chi connectivity index (χ3n) is 4.96. The first-order valence-corrected chi connectivity index (χ1v) is 9.96. The molecule has 0 aliphatic carbocycles. The van der Waals surface area contributed by atoms with Crippen LogP contribution in [0.3, 0.4) is 0 Å². The Balaban J connectivity index is 1.42. The molecule has 2 N–H and O–H groups in total. The molecule has 152 valence electrons. The molecular weight excluding hydrogens is 378 g/mol. The Labute approximate surface area is 175 Å². The third kappa shape index (κ3) is 4.63. The van der Waals surface area contributed by atoms with Gasteiger partial charge in [-0.3, -0.25) is 14.6 Å². The van der Waals surface area contributed by atoms with Gasteiger partial charge in [0, 0.05) is 25.1 Å². The second-order valence-corrected chi connectivity index (χ2v) is 7.13. The summed E-state index contributed by atoms with van der Waals surface area (Å²) in [7, 11) is 0. The number of carbonyl (C=O) groups is 2. The van der Waals surface area contributed by atoms with Crippen LogP contribution in [0.4, 0.5) is 11.5 Å². The van der Waals surface area contributed by atoms with Crippen molar-refractivity contribution in [3.8, 4) is 0 Å². The lowest BCUT2D eigenvalue weighted by Crippen LogP contribution is -2.40. The van der Waals surface area contributed by atoms with Gasteiger partial charge in [-0.15, -0.1) is 0 Å². The summed E-state index contributed by atoms with van der Waals surface area (Å²) in [6, 6.07) is 15.4. The van der Waals surface area contributed by atoms with E-state index in [9.17, 15) is 9.59 Å². The monoisotopic (exact) mass is 401 g/mol. The Morgan fingerprint density at radius 2 is 1.93 bits per heavy atom. The molecule has 2 aromatic heterocycles. The largest absolute Gasteiger partial charge is 0.359 e. The van der Waals surface area contributed by atoms with E-state index in [-0.39, 0.29) is 18.4 Å². The Kier molecular flexibility index (Phi) is 5.98. The zero-order valence-corrected chi connectivity index (χ0v) is 16.5. The highest BCUT2D eigenvalue weighted by atomic mass is 16.2. The van der Waals surface area contributed by atoms with E-state index in [0.717, 1.165) is 24.0 Å². The van der Waals surface area contributed by atoms with E-state index in [2.05, 4.69) is 20.6 Å². The molecule has 0 spiro atoms. The van der Waals surface area contributed by atoms with E-state index in [1.807, 2.05) is 48.7 Å². The highest BCUT2D eigenvalue weighted by molar-refractivity contribution is 6.04. The van der Waals surface area contributed by atoms with Crippen LogP contribution in [0.5, 0.6) is 0 Å². The molecule has 3 aromatic rings. The van der Waals surface area contributed by atoms with E-state index < -0.39 is 0 Å². The van der Waals surface area contributed by atoms with Crippen molar-refractivity contribution in [2.24, 2.45) is 0 Å². The predicted molar refractivity (Wildman–Crippen MR) is 115 cm³/mol. The lowest BCUT2D eigenvalue weighted by molar-refractivity contribution is -0.117. The van der Waals surface area contributed by atoms with Crippen LogP contribution in [0.2, 0.25) is 0 Å². The maximum Gasteiger partial charge on any atom is 0.252 e. The number of hydrogen-bond donors (Lipinski definition) is 2. The maximum atomic E-state index is 12.6. The average molecular weight is 401 g/mol. The van der Waals surface area contributed by atoms with Gasteiger partial charge < -0.3 is 15.5 Å². The van der Waals surface area contributed by atoms with Gasteiger partial charge in [0.15, 0.2) is 5.82 Å². The fourth-order valence-corrected chi connectivity index (χ4v) is 3.39. The van der Waals surface area contributed by atoms with Crippen molar-refractivity contribution < 1.29 is 9.59 Å². The lowest BCUT2D eigenvalue weighted by Gasteiger charge is -2.29. The Morgan fingerprint density at radius 3 is 2.73 bits per heavy atom. The minimum absolute atomic E-state index is 0.0535. The van der Waals surface area contributed by atoms with E-state index in [1.54, 1.807) is 23.4 Å². The van der Waals surface area contributed by atoms with Crippen molar-refractivity contribution >= 4 is 23.3 Å². The Bertz CT molecular complexity index is 1020. The molecule has 1 aliphatic rings. The first-order valence-electron chi connectivity index (χ1n) is 9.96. The number of aryl methyl sites for hydroxylation is 1. The van der Waals surface area contributed by atoms with Gasteiger partial charge in [-0.05, 0) is 36.1 Å². The summed E-state index contributed by atoms with van der Waals surface area (Å²) >= 11 is 0. The van der Waals surface area contributed by atoms with Gasteiger partial charge in [0.25, 0.3) is 5.91 Å². The summed E-state index contributed by atoms with van der Waals surface area (Å²) in [6.07, 6.45) is 6.78. The highest BCUT2D eigenvalue weighted by Gasteiger charge is 2.26. The molecule has 0 atom stereocenters. The van der Waals surface area contributed by atoms with E-state index in [4.69, 9.17) is 0 Å². The molecule has 1 aromatic carbocycles. The number of aromatic nitrogens is 2. The van der Waals surface area contributed by atoms with Crippen molar-refractivity contribution in [3.05, 3.63) is 83.8 Å². The summed E-state index contributed by atoms with van der Waals surface area (Å²) in [6.45, 7) is 1.18. The molecule has 0 radical (unpaired) electrons. The van der Waals surface area contributed by atoms with Gasteiger partial charge in [0.05, 0.1) is 24.3 Å². The summed E-state index contributed by atoms with van der Waals surface area (Å²) in [5.41, 5.74) is 3.22. The van der Waals surface area contributed by atoms with Crippen LogP contribution in [-0.4, -0.2) is 34.9 Å². The average Bonchev–Trinajstić information content (AvgIpc) is 2.79. The van der Waals surface area contributed by atoms with Crippen LogP contribution in [-0.2, 0) is 17.8 Å². The van der Waals surface area contributed by atoms with Gasteiger partial charge in [-0.2, -0.15) is 0 Å². The van der Waals surface area contributed by atoms with E-state index in [0.29, 0.717) is 30.2 Å². The quantitative estimate of drug-likeness (QED) is 0.595. The lowest BCUT2D eigenvalue weighted by atomic mass is 10.1. The van der Waals surface area contributed by atoms with Gasteiger partial charge in [-0.1, -0.05) is 36.4 Å². The van der Waals surface area contributed by atoms with Crippen molar-refractivity contribution in [2.75, 3.05) is 23.3 Å². The number of fused-ring (bicyclic) bond motifs is 1. The molecule has 0 fully saturated rings. The molecule has 7 nitrogen and oxygen atoms in total. The second kappa shape index (κ2) is 9.17. The number of amides is 2. The molecule has 0 unspecified atom stereocenters. The second-order valence-electron chi connectivity index (χ2n) is 7.13. The van der Waals surface area contributed by atoms with Gasteiger partial charge >= 0.3 is 0 Å². The zero-order chi connectivity index (χ0) is 20.8. The predicted octanol–water partition coefficient (Wildman–Crippen LogP) is 2.80. The summed E-state index contributed by atoms with van der Waals surface area (Å²) in [4.78, 5) is 35.3. The van der Waals surface area contributed by atoms with Crippen LogP contribution in [0, 0.1) is 0 Å². The number of nitrogens with zero attached hydrogens (tertiary/aromatic N) is 3. The third-order valence-corrected chi connectivity index (χ3v) is 4.96. The van der Waals surface area contributed by atoms with Crippen molar-refractivity contribution in [2.45, 2.75) is 19.4 Å². The van der Waals surface area contributed by atoms with Crippen LogP contribution in [0.1, 0.15) is 27.9 Å². The highest BCUT2D eigenvalue weighted by Crippen LogP contribution is 2.29. The fraction of sp³-hybridized carbons (Fsp3) is 0.217. The number of benzene rings is 1. The molecule has 4 rings (SSSR count). The number of pyridine rings is 2. The first-order chi connectivity index (χ1) is 14.7. The molecule has 0 saturated heterocycles. The molecule has 1 aliphatic heterocycles. The molecule has 30 heavy (non-hydrogen) atoms. The Morgan fingerprint density at radius 1 is 1.10 bits per heavy atom. The van der Waals surface area contributed by atoms with Gasteiger partial charge in [-0.25, -0.2) is 4.98 Å². The first kappa shape index (κ1) is 19.6. The molecular formula is C23H23N5O2. The number of anilines is 2. The minimum atomic E-state index is -0.200. The number of carbonyl (C=O) groups excluding carboxylic acids is 2. The minimum Gasteiger partial charge on any atom is -0.359 e. The van der Waals surface area contributed by atoms with E-state index >= 15 is 0 Å². The summed E-state index contributed by atoms with van der Waals surface area (Å²) < 4.78 is 0. The number of nitrogens with one attached hydrogen (secondary N) is 2. The topological polar surface area (TPSA) is 87.2 Å². The zero-order valence-electron chi connectivity index (χ0n) is 16.5. The molecule has 7 heteroatoms. The molecule has 0 saturated carbocycles. The molecule has 3 heterocycles. The van der Waals surface area contributed by atoms with Gasteiger partial charge in [0.1, 0.15) is 0 Å². The molecule has 2 amide bonds. The summed E-state index contributed by atoms with van der Waals surface area (Å²) in [5.74, 6) is 0.356. The standard InChI is InChI=1S/C23H23N5O2/c29-21-15-27-22-20(28(21)16-18-6-2-1-3-7-18)12-19(14-26-22)23(30)25-11-5-9-17-8-4-10-24-13-17/h1-4,6-8,10,12-14H,5,9,11,15-16H2,(H,25,30)(H,26,27). The van der Waals surface area contributed by atoms with Crippen LogP contribution in [0.25, 0.3) is 0 Å². The van der Waals surface area contributed by atoms with Gasteiger partial charge in [0.2, 0.25) is 5.91 Å². The molecule has 0 bridgehead atoms. The van der Waals surface area contributed by atoms with Crippen LogP contribution in [0.15, 0.2) is 67.1 Å². The fourth-order valence-electron chi connectivity index (χ4n) is 3.39. The van der Waals surface area contributed by atoms with Crippen molar-refractivity contribution in [1.29, 1.82) is 0 Å². The van der Waals surface area contributed by atoms with Crippen LogP contribution < -0.4 is 15.5 Å². The van der Waals surface area contributed by atoms with Crippen molar-refractivity contribution in [1.82, 2.24) is 15.3 Å². The van der Waals surface area contributed by atoms with Crippen LogP contribution >= 0.6 is 0 Å². The number of rotatable bonds is 7. The van der Waals surface area contributed by atoms with Crippen molar-refractivity contribution in [3.63, 3.8) is 0 Å². The maximum absolute atomic E-state index is 12.6. The smallest absolute Gasteiger partial charge is 0.252 e. The Hall–Kier alpha value is -3.74. The van der Waals surface area contributed by atoms with E-state index in [1.165, 1.54) is 0 Å². The summed E-state index contributed by atoms with van der Waals surface area (Å²) in [5, 5.41) is 5.95. The SMILES string of the molecule is O=C(NCCCc1cccnc1)c1cnc2c(c1)N(Cc1ccccc1)C(=O)CN2. The normalized spacial score (nSPS) is 12.8.